The van der Waals surface area contributed by atoms with Gasteiger partial charge in [-0.2, -0.15) is 5.26 Å². The van der Waals surface area contributed by atoms with Crippen molar-refractivity contribution >= 4 is 33.6 Å². The van der Waals surface area contributed by atoms with Gasteiger partial charge in [-0.05, 0) is 40.2 Å². The number of halogens is 1. The Labute approximate surface area is 130 Å². The normalized spacial score (nSPS) is 10.8. The Hall–Kier alpha value is -2.52. The summed E-state index contributed by atoms with van der Waals surface area (Å²) in [5.41, 5.74) is 0.487. The van der Waals surface area contributed by atoms with Gasteiger partial charge in [0.15, 0.2) is 4.67 Å². The minimum Gasteiger partial charge on any atom is -0.497 e. The van der Waals surface area contributed by atoms with Crippen LogP contribution in [0.4, 0.5) is 5.69 Å². The van der Waals surface area contributed by atoms with Crippen molar-refractivity contribution < 1.29 is 13.9 Å². The van der Waals surface area contributed by atoms with E-state index in [1.165, 1.54) is 13.2 Å². The minimum absolute atomic E-state index is 0.0559. The lowest BCUT2D eigenvalue weighted by atomic mass is 10.2. The lowest BCUT2D eigenvalue weighted by molar-refractivity contribution is -0.112. The summed E-state index contributed by atoms with van der Waals surface area (Å²) < 4.78 is 10.8. The summed E-state index contributed by atoms with van der Waals surface area (Å²) in [6.07, 6.45) is 1.38. The van der Waals surface area contributed by atoms with Gasteiger partial charge in [-0.1, -0.05) is 6.07 Å². The molecule has 1 amide bonds. The minimum atomic E-state index is -0.515. The number of benzene rings is 1. The number of carbonyl (C=O) groups is 1. The van der Waals surface area contributed by atoms with Crippen LogP contribution in [-0.2, 0) is 4.79 Å². The second-order valence-corrected chi connectivity index (χ2v) is 4.78. The van der Waals surface area contributed by atoms with Crippen molar-refractivity contribution in [2.45, 2.75) is 0 Å². The summed E-state index contributed by atoms with van der Waals surface area (Å²) in [4.78, 5) is 12.1. The fourth-order valence-corrected chi connectivity index (χ4v) is 1.92. The van der Waals surface area contributed by atoms with Gasteiger partial charge in [0.05, 0.1) is 7.11 Å². The van der Waals surface area contributed by atoms with Crippen molar-refractivity contribution in [3.8, 4) is 11.8 Å². The van der Waals surface area contributed by atoms with Gasteiger partial charge < -0.3 is 14.5 Å². The fraction of sp³-hybridized carbons (Fsp3) is 0.0667. The molecule has 6 heteroatoms. The molecule has 0 unspecified atom stereocenters. The van der Waals surface area contributed by atoms with Crippen molar-refractivity contribution in [1.29, 1.82) is 5.26 Å². The van der Waals surface area contributed by atoms with E-state index in [2.05, 4.69) is 21.2 Å². The zero-order valence-corrected chi connectivity index (χ0v) is 12.7. The number of furan rings is 1. The number of methoxy groups -OCH3 is 1. The predicted octanol–water partition coefficient (Wildman–Crippen LogP) is 3.60. The molecular formula is C15H11BrN2O3. The zero-order valence-electron chi connectivity index (χ0n) is 11.1. The summed E-state index contributed by atoms with van der Waals surface area (Å²) >= 11 is 3.16. The van der Waals surface area contributed by atoms with Crippen molar-refractivity contribution in [3.63, 3.8) is 0 Å². The molecule has 0 atom stereocenters. The van der Waals surface area contributed by atoms with Crippen LogP contribution in [0, 0.1) is 11.3 Å². The predicted molar refractivity (Wildman–Crippen MR) is 81.6 cm³/mol. The van der Waals surface area contributed by atoms with Crippen LogP contribution in [0.1, 0.15) is 5.76 Å². The first-order valence-corrected chi connectivity index (χ1v) is 6.74. The quantitative estimate of drug-likeness (QED) is 0.677. The third-order valence-electron chi connectivity index (χ3n) is 2.57. The van der Waals surface area contributed by atoms with Crippen molar-refractivity contribution in [2.75, 3.05) is 12.4 Å². The van der Waals surface area contributed by atoms with Gasteiger partial charge in [0, 0.05) is 17.8 Å². The summed E-state index contributed by atoms with van der Waals surface area (Å²) in [5, 5.41) is 11.7. The van der Waals surface area contributed by atoms with Crippen LogP contribution in [-0.4, -0.2) is 13.0 Å². The van der Waals surface area contributed by atoms with Crippen LogP contribution in [0.2, 0.25) is 0 Å². The van der Waals surface area contributed by atoms with Crippen LogP contribution in [0.3, 0.4) is 0 Å². The maximum atomic E-state index is 12.1. The van der Waals surface area contributed by atoms with Crippen LogP contribution in [0.25, 0.3) is 6.08 Å². The molecule has 0 saturated heterocycles. The average molecular weight is 347 g/mol. The lowest BCUT2D eigenvalue weighted by Crippen LogP contribution is -2.13. The molecule has 106 valence electrons. The second kappa shape index (κ2) is 6.77. The van der Waals surface area contributed by atoms with Gasteiger partial charge in [0.1, 0.15) is 23.2 Å². The third-order valence-corrected chi connectivity index (χ3v) is 3.00. The Morgan fingerprint density at radius 1 is 1.43 bits per heavy atom. The van der Waals surface area contributed by atoms with E-state index in [0.29, 0.717) is 21.9 Å². The van der Waals surface area contributed by atoms with Gasteiger partial charge in [-0.25, -0.2) is 0 Å². The molecule has 5 nitrogen and oxygen atoms in total. The van der Waals surface area contributed by atoms with Gasteiger partial charge in [0.2, 0.25) is 0 Å². The number of hydrogen-bond donors (Lipinski definition) is 1. The van der Waals surface area contributed by atoms with E-state index < -0.39 is 5.91 Å². The molecular weight excluding hydrogens is 336 g/mol. The number of nitrogens with zero attached hydrogens (tertiary/aromatic N) is 1. The van der Waals surface area contributed by atoms with E-state index in [1.807, 2.05) is 6.07 Å². The number of nitrogens with one attached hydrogen (secondary N) is 1. The van der Waals surface area contributed by atoms with E-state index in [1.54, 1.807) is 36.4 Å². The molecule has 0 aliphatic rings. The smallest absolute Gasteiger partial charge is 0.266 e. The fourth-order valence-electron chi connectivity index (χ4n) is 1.60. The number of anilines is 1. The van der Waals surface area contributed by atoms with Crippen molar-refractivity contribution in [1.82, 2.24) is 0 Å². The van der Waals surface area contributed by atoms with Crippen LogP contribution in [0.5, 0.6) is 5.75 Å². The molecule has 2 rings (SSSR count). The Bertz CT molecular complexity index is 729. The van der Waals surface area contributed by atoms with Crippen LogP contribution >= 0.6 is 15.9 Å². The molecule has 1 N–H and O–H groups in total. The Morgan fingerprint density at radius 2 is 2.24 bits per heavy atom. The number of hydrogen-bond acceptors (Lipinski definition) is 4. The topological polar surface area (TPSA) is 75.3 Å². The molecule has 0 radical (unpaired) electrons. The highest BCUT2D eigenvalue weighted by Gasteiger charge is 2.11. The van der Waals surface area contributed by atoms with E-state index in [4.69, 9.17) is 14.4 Å². The lowest BCUT2D eigenvalue weighted by Gasteiger charge is -2.06. The summed E-state index contributed by atoms with van der Waals surface area (Å²) in [5.74, 6) is 0.516. The van der Waals surface area contributed by atoms with Crippen LogP contribution < -0.4 is 10.1 Å². The number of carbonyl (C=O) groups excluding carboxylic acids is 1. The monoisotopic (exact) mass is 346 g/mol. The SMILES string of the molecule is COc1cccc(NC(=O)/C(C#N)=C\c2ccc(Br)o2)c1. The summed E-state index contributed by atoms with van der Waals surface area (Å²) in [6.45, 7) is 0. The molecule has 0 aliphatic carbocycles. The number of rotatable bonds is 4. The Kier molecular flexibility index (Phi) is 4.80. The Balaban J connectivity index is 2.17. The first-order valence-electron chi connectivity index (χ1n) is 5.95. The highest BCUT2D eigenvalue weighted by molar-refractivity contribution is 9.10. The van der Waals surface area contributed by atoms with Crippen molar-refractivity contribution in [2.24, 2.45) is 0 Å². The molecule has 1 aromatic carbocycles. The molecule has 0 saturated carbocycles. The average Bonchev–Trinajstić information content (AvgIpc) is 2.90. The number of ether oxygens (including phenoxy) is 1. The standard InChI is InChI=1S/C15H11BrN2O3/c1-20-12-4-2-3-11(8-12)18-15(19)10(9-17)7-13-5-6-14(16)21-13/h2-8H,1H3,(H,18,19)/b10-7-. The maximum Gasteiger partial charge on any atom is 0.266 e. The number of amides is 1. The molecule has 2 aromatic rings. The summed E-state index contributed by atoms with van der Waals surface area (Å²) in [6, 6.07) is 12.1. The molecule has 0 bridgehead atoms. The van der Waals surface area contributed by atoms with E-state index in [9.17, 15) is 4.79 Å². The van der Waals surface area contributed by atoms with Gasteiger partial charge in [-0.15, -0.1) is 0 Å². The first-order chi connectivity index (χ1) is 10.1. The third kappa shape index (κ3) is 3.97. The number of nitriles is 1. The van der Waals surface area contributed by atoms with Gasteiger partial charge in [0.25, 0.3) is 5.91 Å². The summed E-state index contributed by atoms with van der Waals surface area (Å²) in [7, 11) is 1.54. The van der Waals surface area contributed by atoms with E-state index in [-0.39, 0.29) is 5.57 Å². The Morgan fingerprint density at radius 3 is 2.86 bits per heavy atom. The van der Waals surface area contributed by atoms with Gasteiger partial charge >= 0.3 is 0 Å². The molecule has 21 heavy (non-hydrogen) atoms. The molecule has 0 fully saturated rings. The van der Waals surface area contributed by atoms with Crippen molar-refractivity contribution in [3.05, 3.63) is 52.4 Å². The molecule has 0 aliphatic heterocycles. The van der Waals surface area contributed by atoms with Crippen LogP contribution in [0.15, 0.2) is 51.1 Å². The molecule has 0 spiro atoms. The van der Waals surface area contributed by atoms with E-state index in [0.717, 1.165) is 0 Å². The maximum absolute atomic E-state index is 12.1. The van der Waals surface area contributed by atoms with E-state index >= 15 is 0 Å². The zero-order chi connectivity index (χ0) is 15.2. The molecule has 1 aromatic heterocycles. The van der Waals surface area contributed by atoms with Gasteiger partial charge in [-0.3, -0.25) is 4.79 Å². The largest absolute Gasteiger partial charge is 0.497 e. The second-order valence-electron chi connectivity index (χ2n) is 4.00. The first kappa shape index (κ1) is 14.9. The highest BCUT2D eigenvalue weighted by atomic mass is 79.9. The molecule has 1 heterocycles. The highest BCUT2D eigenvalue weighted by Crippen LogP contribution is 2.19.